The van der Waals surface area contributed by atoms with E-state index in [2.05, 4.69) is 4.37 Å². The van der Waals surface area contributed by atoms with Crippen LogP contribution in [0, 0.1) is 0 Å². The molecular weight excluding hydrogens is 134 g/mol. The zero-order chi connectivity index (χ0) is 6.69. The fourth-order valence-corrected chi connectivity index (χ4v) is 1.19. The fourth-order valence-electron chi connectivity index (χ4n) is 0.550. The molecule has 0 aliphatic rings. The van der Waals surface area contributed by atoms with Gasteiger partial charge in [-0.2, -0.15) is 4.37 Å². The first kappa shape index (κ1) is 6.42. The van der Waals surface area contributed by atoms with Crippen LogP contribution in [-0.2, 0) is 6.42 Å². The standard InChI is InChI=1S/C6H7NOS/c1-2-5-3-6(4-8)9-7-5/h3-4H,2H2,1H3. The number of rotatable bonds is 2. The Labute approximate surface area is 57.7 Å². The molecule has 9 heavy (non-hydrogen) atoms. The van der Waals surface area contributed by atoms with Crippen molar-refractivity contribution < 1.29 is 4.79 Å². The van der Waals surface area contributed by atoms with Crippen LogP contribution in [0.1, 0.15) is 22.3 Å². The maximum absolute atomic E-state index is 10.1. The normalized spacial score (nSPS) is 9.44. The summed E-state index contributed by atoms with van der Waals surface area (Å²) in [6, 6.07) is 1.82. The van der Waals surface area contributed by atoms with E-state index in [0.717, 1.165) is 18.4 Å². The molecule has 0 fully saturated rings. The minimum absolute atomic E-state index is 0.715. The lowest BCUT2D eigenvalue weighted by Gasteiger charge is -1.77. The Balaban J connectivity index is 2.86. The van der Waals surface area contributed by atoms with Crippen molar-refractivity contribution in [3.63, 3.8) is 0 Å². The van der Waals surface area contributed by atoms with Crippen molar-refractivity contribution in [2.24, 2.45) is 0 Å². The Morgan fingerprint density at radius 1 is 1.89 bits per heavy atom. The molecular formula is C6H7NOS. The summed E-state index contributed by atoms with van der Waals surface area (Å²) in [4.78, 5) is 10.8. The third-order valence-corrected chi connectivity index (χ3v) is 1.81. The van der Waals surface area contributed by atoms with E-state index in [9.17, 15) is 4.79 Å². The number of aldehydes is 1. The van der Waals surface area contributed by atoms with Crippen LogP contribution in [0.25, 0.3) is 0 Å². The molecule has 0 saturated carbocycles. The highest BCUT2D eigenvalue weighted by atomic mass is 32.1. The van der Waals surface area contributed by atoms with Crippen molar-refractivity contribution in [2.45, 2.75) is 13.3 Å². The number of carbonyl (C=O) groups is 1. The highest BCUT2D eigenvalue weighted by molar-refractivity contribution is 7.07. The second-order valence-corrected chi connectivity index (χ2v) is 2.53. The molecule has 2 nitrogen and oxygen atoms in total. The molecule has 0 unspecified atom stereocenters. The summed E-state index contributed by atoms with van der Waals surface area (Å²) in [6.45, 7) is 2.02. The molecule has 0 amide bonds. The van der Waals surface area contributed by atoms with Gasteiger partial charge in [-0.25, -0.2) is 0 Å². The molecule has 0 aromatic carbocycles. The van der Waals surface area contributed by atoms with E-state index in [0.29, 0.717) is 4.88 Å². The van der Waals surface area contributed by atoms with E-state index in [1.807, 2.05) is 13.0 Å². The number of carbonyl (C=O) groups excluding carboxylic acids is 1. The Hall–Kier alpha value is -0.700. The topological polar surface area (TPSA) is 30.0 Å². The Morgan fingerprint density at radius 3 is 3.00 bits per heavy atom. The van der Waals surface area contributed by atoms with Crippen molar-refractivity contribution in [1.29, 1.82) is 0 Å². The van der Waals surface area contributed by atoms with Gasteiger partial charge < -0.3 is 0 Å². The summed E-state index contributed by atoms with van der Waals surface area (Å²) in [6.07, 6.45) is 1.74. The number of hydrogen-bond donors (Lipinski definition) is 0. The van der Waals surface area contributed by atoms with Gasteiger partial charge in [0, 0.05) is 0 Å². The van der Waals surface area contributed by atoms with Crippen LogP contribution < -0.4 is 0 Å². The molecule has 0 radical (unpaired) electrons. The lowest BCUT2D eigenvalue weighted by atomic mass is 10.3. The van der Waals surface area contributed by atoms with Gasteiger partial charge in [-0.15, -0.1) is 0 Å². The van der Waals surface area contributed by atoms with Crippen LogP contribution in [0.15, 0.2) is 6.07 Å². The monoisotopic (exact) mass is 141 g/mol. The largest absolute Gasteiger partial charge is 0.297 e. The van der Waals surface area contributed by atoms with Gasteiger partial charge in [0.2, 0.25) is 0 Å². The van der Waals surface area contributed by atoms with Crippen molar-refractivity contribution in [2.75, 3.05) is 0 Å². The molecule has 3 heteroatoms. The van der Waals surface area contributed by atoms with E-state index in [1.54, 1.807) is 0 Å². The van der Waals surface area contributed by atoms with Crippen LogP contribution in [0.2, 0.25) is 0 Å². The van der Waals surface area contributed by atoms with Crippen molar-refractivity contribution >= 4 is 17.8 Å². The van der Waals surface area contributed by atoms with Gasteiger partial charge in [0.25, 0.3) is 0 Å². The fraction of sp³-hybridized carbons (Fsp3) is 0.333. The molecule has 0 N–H and O–H groups in total. The summed E-state index contributed by atoms with van der Waals surface area (Å²) >= 11 is 1.26. The first-order chi connectivity index (χ1) is 4.36. The lowest BCUT2D eigenvalue weighted by molar-refractivity contribution is 0.112. The van der Waals surface area contributed by atoms with Crippen molar-refractivity contribution in [3.05, 3.63) is 16.6 Å². The van der Waals surface area contributed by atoms with Crippen LogP contribution in [0.3, 0.4) is 0 Å². The first-order valence-corrected chi connectivity index (χ1v) is 3.55. The summed E-state index contributed by atoms with van der Waals surface area (Å²) in [5.74, 6) is 0. The lowest BCUT2D eigenvalue weighted by Crippen LogP contribution is -1.74. The summed E-state index contributed by atoms with van der Waals surface area (Å²) in [5, 5.41) is 0. The number of aryl methyl sites for hydroxylation is 1. The molecule has 0 bridgehead atoms. The average Bonchev–Trinajstić information content (AvgIpc) is 2.34. The van der Waals surface area contributed by atoms with E-state index in [-0.39, 0.29) is 0 Å². The second kappa shape index (κ2) is 2.73. The molecule has 0 aliphatic carbocycles. The molecule has 0 spiro atoms. The maximum Gasteiger partial charge on any atom is 0.161 e. The minimum Gasteiger partial charge on any atom is -0.297 e. The first-order valence-electron chi connectivity index (χ1n) is 2.77. The molecule has 1 aromatic heterocycles. The van der Waals surface area contributed by atoms with Gasteiger partial charge in [0.05, 0.1) is 10.6 Å². The SMILES string of the molecule is CCc1cc(C=O)sn1. The number of nitrogens with zero attached hydrogens (tertiary/aromatic N) is 1. The minimum atomic E-state index is 0.715. The van der Waals surface area contributed by atoms with Gasteiger partial charge in [-0.3, -0.25) is 4.79 Å². The van der Waals surface area contributed by atoms with Crippen molar-refractivity contribution in [3.8, 4) is 0 Å². The third-order valence-electron chi connectivity index (χ3n) is 1.06. The van der Waals surface area contributed by atoms with Gasteiger partial charge in [0.15, 0.2) is 6.29 Å². The summed E-state index contributed by atoms with van der Waals surface area (Å²) in [7, 11) is 0. The molecule has 0 saturated heterocycles. The van der Waals surface area contributed by atoms with Gasteiger partial charge in [0.1, 0.15) is 0 Å². The summed E-state index contributed by atoms with van der Waals surface area (Å²) in [5.41, 5.74) is 1.00. The quantitative estimate of drug-likeness (QED) is 0.584. The predicted octanol–water partition coefficient (Wildman–Crippen LogP) is 1.52. The highest BCUT2D eigenvalue weighted by Gasteiger charge is 1.95. The van der Waals surface area contributed by atoms with Crippen LogP contribution in [0.4, 0.5) is 0 Å². The number of aromatic nitrogens is 1. The molecule has 0 atom stereocenters. The zero-order valence-electron chi connectivity index (χ0n) is 5.13. The molecule has 1 heterocycles. The van der Waals surface area contributed by atoms with Crippen LogP contribution in [0.5, 0.6) is 0 Å². The van der Waals surface area contributed by atoms with Crippen LogP contribution in [-0.4, -0.2) is 10.7 Å². The average molecular weight is 141 g/mol. The van der Waals surface area contributed by atoms with E-state index in [4.69, 9.17) is 0 Å². The maximum atomic E-state index is 10.1. The predicted molar refractivity (Wildman–Crippen MR) is 36.9 cm³/mol. The van der Waals surface area contributed by atoms with Gasteiger partial charge in [-0.1, -0.05) is 6.92 Å². The van der Waals surface area contributed by atoms with E-state index < -0.39 is 0 Å². The van der Waals surface area contributed by atoms with E-state index >= 15 is 0 Å². The molecule has 1 aromatic rings. The van der Waals surface area contributed by atoms with Gasteiger partial charge in [-0.05, 0) is 24.0 Å². The van der Waals surface area contributed by atoms with Crippen molar-refractivity contribution in [1.82, 2.24) is 4.37 Å². The molecule has 0 aliphatic heterocycles. The van der Waals surface area contributed by atoms with Crippen LogP contribution >= 0.6 is 11.5 Å². The molecule has 1 rings (SSSR count). The highest BCUT2D eigenvalue weighted by Crippen LogP contribution is 2.06. The Morgan fingerprint density at radius 2 is 2.67 bits per heavy atom. The third kappa shape index (κ3) is 1.36. The summed E-state index contributed by atoms with van der Waals surface area (Å²) < 4.78 is 4.02. The molecule has 48 valence electrons. The van der Waals surface area contributed by atoms with E-state index in [1.165, 1.54) is 11.5 Å². The Bertz CT molecular complexity index is 207. The Kier molecular flexibility index (Phi) is 1.95. The smallest absolute Gasteiger partial charge is 0.161 e. The van der Waals surface area contributed by atoms with Gasteiger partial charge >= 0.3 is 0 Å². The second-order valence-electron chi connectivity index (χ2n) is 1.69. The zero-order valence-corrected chi connectivity index (χ0v) is 5.94. The number of hydrogen-bond acceptors (Lipinski definition) is 3.